The molecule has 26 heavy (non-hydrogen) atoms. The molecule has 2 heterocycles. The molecule has 2 aromatic rings. The van der Waals surface area contributed by atoms with E-state index in [1.165, 1.54) is 11.1 Å². The van der Waals surface area contributed by atoms with E-state index in [4.69, 9.17) is 5.10 Å². The number of carbonyl (C=O) groups excluding carboxylic acids is 1. The molecule has 1 saturated heterocycles. The predicted molar refractivity (Wildman–Crippen MR) is 104 cm³/mol. The Morgan fingerprint density at radius 1 is 1.04 bits per heavy atom. The molecule has 4 rings (SSSR count). The van der Waals surface area contributed by atoms with E-state index in [1.54, 1.807) is 0 Å². The summed E-state index contributed by atoms with van der Waals surface area (Å²) in [6.45, 7) is 14.1. The maximum atomic E-state index is 13.0. The van der Waals surface area contributed by atoms with E-state index in [2.05, 4.69) is 65.8 Å². The molecule has 0 spiro atoms. The van der Waals surface area contributed by atoms with Crippen LogP contribution in [0.15, 0.2) is 30.5 Å². The van der Waals surface area contributed by atoms with Gasteiger partial charge in [0, 0.05) is 24.3 Å². The number of aryl methyl sites for hydroxylation is 2. The van der Waals surface area contributed by atoms with E-state index in [0.717, 1.165) is 24.3 Å². The van der Waals surface area contributed by atoms with Crippen LogP contribution in [0.4, 0.5) is 5.69 Å². The molecule has 138 valence electrons. The Balaban J connectivity index is 1.56. The zero-order valence-corrected chi connectivity index (χ0v) is 16.7. The summed E-state index contributed by atoms with van der Waals surface area (Å²) in [5.74, 6) is 0.613. The molecule has 1 unspecified atom stereocenters. The standard InChI is InChI=1S/C22H29N3O/c1-14-11-15(2)13-16(12-14)24-9-8-18(20(24)26)25-10-7-17(23-25)19-21(3,4)22(19,5)6/h7,10-13,18-19H,8-9H2,1-6H3. The highest BCUT2D eigenvalue weighted by molar-refractivity contribution is 5.98. The summed E-state index contributed by atoms with van der Waals surface area (Å²) in [5.41, 5.74) is 5.03. The summed E-state index contributed by atoms with van der Waals surface area (Å²) in [5, 5.41) is 4.83. The summed E-state index contributed by atoms with van der Waals surface area (Å²) >= 11 is 0. The van der Waals surface area contributed by atoms with E-state index in [9.17, 15) is 4.79 Å². The molecular formula is C22H29N3O. The van der Waals surface area contributed by atoms with Crippen molar-refractivity contribution < 1.29 is 4.79 Å². The Hall–Kier alpha value is -2.10. The van der Waals surface area contributed by atoms with Gasteiger partial charge in [0.05, 0.1) is 5.69 Å². The Morgan fingerprint density at radius 3 is 2.23 bits per heavy atom. The first-order valence-corrected chi connectivity index (χ1v) is 9.57. The van der Waals surface area contributed by atoms with Gasteiger partial charge in [-0.2, -0.15) is 5.10 Å². The zero-order valence-electron chi connectivity index (χ0n) is 16.7. The fourth-order valence-electron chi connectivity index (χ4n) is 4.89. The van der Waals surface area contributed by atoms with Crippen LogP contribution in [0.5, 0.6) is 0 Å². The SMILES string of the molecule is Cc1cc(C)cc(N2CCC(n3ccc(C4C(C)(C)C4(C)C)n3)C2=O)c1. The Bertz CT molecular complexity index is 843. The second-order valence-corrected chi connectivity index (χ2v) is 9.24. The van der Waals surface area contributed by atoms with Crippen LogP contribution in [0.3, 0.4) is 0 Å². The van der Waals surface area contributed by atoms with Crippen LogP contribution in [0, 0.1) is 24.7 Å². The number of benzene rings is 1. The molecule has 1 aliphatic heterocycles. The maximum absolute atomic E-state index is 13.0. The quantitative estimate of drug-likeness (QED) is 0.809. The van der Waals surface area contributed by atoms with Crippen molar-refractivity contribution in [2.24, 2.45) is 10.8 Å². The number of carbonyl (C=O) groups is 1. The van der Waals surface area contributed by atoms with E-state index in [1.807, 2.05) is 15.8 Å². The van der Waals surface area contributed by atoms with Crippen LogP contribution in [0.1, 0.15) is 62.9 Å². The van der Waals surface area contributed by atoms with Crippen LogP contribution in [0.2, 0.25) is 0 Å². The van der Waals surface area contributed by atoms with Gasteiger partial charge in [0.15, 0.2) is 0 Å². The predicted octanol–water partition coefficient (Wildman–Crippen LogP) is 4.63. The lowest BCUT2D eigenvalue weighted by Gasteiger charge is -2.18. The van der Waals surface area contributed by atoms with Gasteiger partial charge in [-0.3, -0.25) is 9.48 Å². The second kappa shape index (κ2) is 5.45. The topological polar surface area (TPSA) is 38.1 Å². The van der Waals surface area contributed by atoms with E-state index >= 15 is 0 Å². The zero-order chi connectivity index (χ0) is 18.9. The molecule has 4 nitrogen and oxygen atoms in total. The largest absolute Gasteiger partial charge is 0.310 e. The lowest BCUT2D eigenvalue weighted by molar-refractivity contribution is -0.120. The number of aromatic nitrogens is 2. The minimum absolute atomic E-state index is 0.152. The molecule has 1 atom stereocenters. The molecule has 2 aliphatic rings. The number of amides is 1. The van der Waals surface area contributed by atoms with Gasteiger partial charge < -0.3 is 4.90 Å². The normalized spacial score (nSPS) is 24.3. The van der Waals surface area contributed by atoms with Crippen molar-refractivity contribution in [1.82, 2.24) is 9.78 Å². The second-order valence-electron chi connectivity index (χ2n) is 9.24. The van der Waals surface area contributed by atoms with Gasteiger partial charge in [-0.15, -0.1) is 0 Å². The lowest BCUT2D eigenvalue weighted by atomic mass is 10.0. The van der Waals surface area contributed by atoms with Gasteiger partial charge in [-0.05, 0) is 60.4 Å². The summed E-state index contributed by atoms with van der Waals surface area (Å²) in [4.78, 5) is 15.0. The number of hydrogen-bond donors (Lipinski definition) is 0. The van der Waals surface area contributed by atoms with Crippen molar-refractivity contribution in [3.05, 3.63) is 47.3 Å². The molecule has 1 aliphatic carbocycles. The Labute approximate surface area is 156 Å². The first-order chi connectivity index (χ1) is 12.1. The van der Waals surface area contributed by atoms with Crippen LogP contribution in [0.25, 0.3) is 0 Å². The van der Waals surface area contributed by atoms with Crippen LogP contribution in [-0.2, 0) is 4.79 Å². The van der Waals surface area contributed by atoms with E-state index < -0.39 is 0 Å². The van der Waals surface area contributed by atoms with Gasteiger partial charge in [0.2, 0.25) is 0 Å². The minimum Gasteiger partial charge on any atom is -0.310 e. The summed E-state index contributed by atoms with van der Waals surface area (Å²) < 4.78 is 1.89. The highest BCUT2D eigenvalue weighted by Gasteiger charge is 2.66. The van der Waals surface area contributed by atoms with Gasteiger partial charge in [0.1, 0.15) is 6.04 Å². The molecule has 1 aromatic heterocycles. The van der Waals surface area contributed by atoms with E-state index in [-0.39, 0.29) is 22.8 Å². The van der Waals surface area contributed by atoms with Gasteiger partial charge >= 0.3 is 0 Å². The third kappa shape index (κ3) is 2.42. The molecule has 0 bridgehead atoms. The highest BCUT2D eigenvalue weighted by Crippen LogP contribution is 2.73. The highest BCUT2D eigenvalue weighted by atomic mass is 16.2. The van der Waals surface area contributed by atoms with Crippen LogP contribution < -0.4 is 4.90 Å². The van der Waals surface area contributed by atoms with Crippen LogP contribution >= 0.6 is 0 Å². The average Bonchev–Trinajstić information content (AvgIpc) is 2.96. The Morgan fingerprint density at radius 2 is 1.65 bits per heavy atom. The van der Waals surface area contributed by atoms with Crippen molar-refractivity contribution in [2.45, 2.75) is 59.9 Å². The van der Waals surface area contributed by atoms with Crippen molar-refractivity contribution >= 4 is 11.6 Å². The van der Waals surface area contributed by atoms with Crippen molar-refractivity contribution in [1.29, 1.82) is 0 Å². The summed E-state index contributed by atoms with van der Waals surface area (Å²) in [6.07, 6.45) is 2.80. The monoisotopic (exact) mass is 351 g/mol. The molecular weight excluding hydrogens is 322 g/mol. The number of rotatable bonds is 3. The van der Waals surface area contributed by atoms with Crippen molar-refractivity contribution in [2.75, 3.05) is 11.4 Å². The number of anilines is 1. The molecule has 4 heteroatoms. The molecule has 0 N–H and O–H groups in total. The molecule has 1 amide bonds. The maximum Gasteiger partial charge on any atom is 0.251 e. The molecule has 0 radical (unpaired) electrons. The molecule has 2 fully saturated rings. The number of hydrogen-bond acceptors (Lipinski definition) is 2. The fraction of sp³-hybridized carbons (Fsp3) is 0.545. The lowest BCUT2D eigenvalue weighted by Crippen LogP contribution is -2.28. The van der Waals surface area contributed by atoms with Gasteiger partial charge in [0.25, 0.3) is 5.91 Å². The Kier molecular flexibility index (Phi) is 3.63. The smallest absolute Gasteiger partial charge is 0.251 e. The minimum atomic E-state index is -0.186. The van der Waals surface area contributed by atoms with Gasteiger partial charge in [-0.25, -0.2) is 0 Å². The summed E-state index contributed by atoms with van der Waals surface area (Å²) in [7, 11) is 0. The van der Waals surface area contributed by atoms with Crippen LogP contribution in [-0.4, -0.2) is 22.2 Å². The fourth-order valence-corrected chi connectivity index (χ4v) is 4.89. The first-order valence-electron chi connectivity index (χ1n) is 9.57. The summed E-state index contributed by atoms with van der Waals surface area (Å²) in [6, 6.07) is 8.25. The third-order valence-electron chi connectivity index (χ3n) is 6.96. The third-order valence-corrected chi connectivity index (χ3v) is 6.96. The molecule has 1 saturated carbocycles. The van der Waals surface area contributed by atoms with E-state index in [0.29, 0.717) is 5.92 Å². The molecule has 1 aromatic carbocycles. The number of nitrogens with zero attached hydrogens (tertiary/aromatic N) is 3. The van der Waals surface area contributed by atoms with Crippen molar-refractivity contribution in [3.8, 4) is 0 Å². The average molecular weight is 351 g/mol. The van der Waals surface area contributed by atoms with Gasteiger partial charge in [-0.1, -0.05) is 33.8 Å². The first kappa shape index (κ1) is 17.3. The van der Waals surface area contributed by atoms with Crippen molar-refractivity contribution in [3.63, 3.8) is 0 Å².